The molecule has 0 atom stereocenters. The predicted molar refractivity (Wildman–Crippen MR) is 199 cm³/mol. The summed E-state index contributed by atoms with van der Waals surface area (Å²) in [6.07, 6.45) is 7.68. The van der Waals surface area contributed by atoms with E-state index in [9.17, 15) is 10.0 Å². The summed E-state index contributed by atoms with van der Waals surface area (Å²) in [6, 6.07) is 29.4. The van der Waals surface area contributed by atoms with Crippen LogP contribution in [-0.2, 0) is 10.8 Å². The smallest absolute Gasteiger partial charge is 0.423 e. The summed E-state index contributed by atoms with van der Waals surface area (Å²) >= 11 is 3.62. The third kappa shape index (κ3) is 3.88. The average Bonchev–Trinajstić information content (AvgIpc) is 3.60. The minimum absolute atomic E-state index is 0.0509. The van der Waals surface area contributed by atoms with Gasteiger partial charge >= 0.3 is 7.12 Å². The summed E-state index contributed by atoms with van der Waals surface area (Å²) in [5.74, 6) is 0. The molecule has 0 unspecified atom stereocenters. The number of halogens is 1. The molecule has 48 heavy (non-hydrogen) atoms. The van der Waals surface area contributed by atoms with Crippen LogP contribution in [-0.4, -0.2) is 36.3 Å². The van der Waals surface area contributed by atoms with Gasteiger partial charge in [-0.05, 0) is 53.0 Å². The van der Waals surface area contributed by atoms with E-state index in [1.165, 1.54) is 55.3 Å². The van der Waals surface area contributed by atoms with Gasteiger partial charge in [-0.1, -0.05) is 92.2 Å². The van der Waals surface area contributed by atoms with Crippen molar-refractivity contribution >= 4 is 72.1 Å². The van der Waals surface area contributed by atoms with E-state index in [1.54, 1.807) is 6.07 Å². The first-order valence-corrected chi connectivity index (χ1v) is 16.9. The summed E-state index contributed by atoms with van der Waals surface area (Å²) < 4.78 is 5.78. The molecule has 0 bridgehead atoms. The maximum atomic E-state index is 9.57. The van der Waals surface area contributed by atoms with E-state index in [1.807, 2.05) is 36.9 Å². The first kappa shape index (κ1) is 29.4. The number of rotatable bonds is 1. The summed E-state index contributed by atoms with van der Waals surface area (Å²) in [5.41, 5.74) is 12.6. The van der Waals surface area contributed by atoms with Crippen LogP contribution in [0.2, 0.25) is 0 Å². The van der Waals surface area contributed by atoms with Crippen molar-refractivity contribution in [2.24, 2.45) is 0 Å². The number of aromatic nitrogens is 4. The molecule has 6 heterocycles. The standard InChI is InChI=1S/C20H17BN2O2.C20H15BrN2/c1-20(2)15-5-3-4-13-14-10-12(21(24)25)6-7-17(14)23(19(13)15)18-8-9-22-11-16(18)20;1-20(2)15-5-3-4-13-14-10-12(21)6-7-17(14)23(19(13)15)18-8-9-22-11-16(18)20/h3-11,24-25H,1-2H3;3-11H,1-2H3. The zero-order chi connectivity index (χ0) is 33.1. The van der Waals surface area contributed by atoms with Crippen LogP contribution in [0.15, 0.2) is 114 Å². The molecule has 4 aromatic heterocycles. The Morgan fingerprint density at radius 3 is 1.60 bits per heavy atom. The Hall–Kier alpha value is -4.76. The van der Waals surface area contributed by atoms with Gasteiger partial charge in [0, 0.05) is 72.8 Å². The summed E-state index contributed by atoms with van der Waals surface area (Å²) in [5, 5.41) is 23.9. The first-order chi connectivity index (χ1) is 23.1. The highest BCUT2D eigenvalue weighted by molar-refractivity contribution is 9.10. The lowest BCUT2D eigenvalue weighted by Crippen LogP contribution is -2.29. The number of nitrogens with zero attached hydrogens (tertiary/aromatic N) is 4. The van der Waals surface area contributed by atoms with E-state index < -0.39 is 7.12 Å². The van der Waals surface area contributed by atoms with Crippen LogP contribution in [0.1, 0.15) is 49.9 Å². The molecule has 2 N–H and O–H groups in total. The Balaban J connectivity index is 0.000000131. The second kappa shape index (κ2) is 10.1. The Labute approximate surface area is 286 Å². The lowest BCUT2D eigenvalue weighted by Gasteiger charge is -2.34. The number of para-hydroxylation sites is 2. The van der Waals surface area contributed by atoms with Gasteiger partial charge in [-0.25, -0.2) is 0 Å². The van der Waals surface area contributed by atoms with Crippen LogP contribution in [0.3, 0.4) is 0 Å². The normalized spacial score (nSPS) is 14.9. The van der Waals surface area contributed by atoms with E-state index in [-0.39, 0.29) is 10.8 Å². The Bertz CT molecular complexity index is 2640. The zero-order valence-corrected chi connectivity index (χ0v) is 28.6. The van der Waals surface area contributed by atoms with Gasteiger partial charge in [0.15, 0.2) is 0 Å². The lowest BCUT2D eigenvalue weighted by atomic mass is 9.75. The van der Waals surface area contributed by atoms with Crippen molar-refractivity contribution < 1.29 is 10.0 Å². The van der Waals surface area contributed by atoms with E-state index in [2.05, 4.69) is 129 Å². The first-order valence-electron chi connectivity index (χ1n) is 16.2. The largest absolute Gasteiger partial charge is 0.488 e. The molecule has 4 aromatic carbocycles. The molecule has 0 amide bonds. The quantitative estimate of drug-likeness (QED) is 0.171. The van der Waals surface area contributed by atoms with Crippen LogP contribution in [0.5, 0.6) is 0 Å². The SMILES string of the molecule is CC1(C)c2cnccc2-n2c3ccc(B(O)O)cc3c3cccc1c32.CC1(C)c2cnccc2-n2c3ccc(Br)cc3c3cccc1c32. The maximum absolute atomic E-state index is 9.57. The zero-order valence-electron chi connectivity index (χ0n) is 27.0. The topological polar surface area (TPSA) is 76.1 Å². The molecule has 10 rings (SSSR count). The van der Waals surface area contributed by atoms with Crippen molar-refractivity contribution in [1.29, 1.82) is 0 Å². The van der Waals surface area contributed by atoms with Crippen LogP contribution in [0.4, 0.5) is 0 Å². The van der Waals surface area contributed by atoms with Crippen molar-refractivity contribution in [1.82, 2.24) is 19.1 Å². The fourth-order valence-electron chi connectivity index (χ4n) is 8.21. The number of fused-ring (bicyclic) bond motifs is 10. The molecule has 234 valence electrons. The number of pyridine rings is 2. The molecule has 0 aliphatic carbocycles. The third-order valence-corrected chi connectivity index (χ3v) is 11.1. The highest BCUT2D eigenvalue weighted by Crippen LogP contribution is 2.48. The van der Waals surface area contributed by atoms with Gasteiger partial charge in [-0.15, -0.1) is 0 Å². The third-order valence-electron chi connectivity index (χ3n) is 10.6. The molecule has 0 radical (unpaired) electrons. The van der Waals surface area contributed by atoms with Crippen molar-refractivity contribution in [3.8, 4) is 11.4 Å². The van der Waals surface area contributed by atoms with Gasteiger partial charge in [0.2, 0.25) is 0 Å². The van der Waals surface area contributed by atoms with Gasteiger partial charge in [0.25, 0.3) is 0 Å². The average molecular weight is 691 g/mol. The van der Waals surface area contributed by atoms with Gasteiger partial charge in [0.1, 0.15) is 0 Å². The van der Waals surface area contributed by atoms with E-state index in [0.717, 1.165) is 26.4 Å². The summed E-state index contributed by atoms with van der Waals surface area (Å²) in [7, 11) is -1.47. The summed E-state index contributed by atoms with van der Waals surface area (Å²) in [4.78, 5) is 8.74. The minimum atomic E-state index is -1.47. The highest BCUT2D eigenvalue weighted by Gasteiger charge is 2.36. The molecule has 0 fully saturated rings. The van der Waals surface area contributed by atoms with Crippen molar-refractivity contribution in [2.45, 2.75) is 38.5 Å². The van der Waals surface area contributed by atoms with Gasteiger partial charge in [-0.2, -0.15) is 0 Å². The fourth-order valence-corrected chi connectivity index (χ4v) is 8.58. The molecule has 2 aliphatic heterocycles. The van der Waals surface area contributed by atoms with E-state index >= 15 is 0 Å². The molecular weight excluding hydrogens is 659 g/mol. The Kier molecular flexibility index (Phi) is 6.20. The molecule has 0 saturated carbocycles. The number of benzene rings is 4. The fraction of sp³-hybridized carbons (Fsp3) is 0.150. The van der Waals surface area contributed by atoms with Crippen molar-refractivity contribution in [2.75, 3.05) is 0 Å². The Morgan fingerprint density at radius 1 is 0.583 bits per heavy atom. The van der Waals surface area contributed by atoms with E-state index in [4.69, 9.17) is 0 Å². The molecule has 6 nitrogen and oxygen atoms in total. The van der Waals surface area contributed by atoms with Crippen LogP contribution < -0.4 is 5.46 Å². The monoisotopic (exact) mass is 690 g/mol. The van der Waals surface area contributed by atoms with Gasteiger partial charge in [-0.3, -0.25) is 9.97 Å². The molecule has 2 aliphatic rings. The van der Waals surface area contributed by atoms with Crippen LogP contribution in [0.25, 0.3) is 55.0 Å². The lowest BCUT2D eigenvalue weighted by molar-refractivity contribution is 0.426. The molecule has 0 saturated heterocycles. The predicted octanol–water partition coefficient (Wildman–Crippen LogP) is 8.08. The van der Waals surface area contributed by atoms with Crippen LogP contribution in [0, 0.1) is 0 Å². The van der Waals surface area contributed by atoms with Crippen molar-refractivity contribution in [3.05, 3.63) is 136 Å². The minimum Gasteiger partial charge on any atom is -0.423 e. The number of hydrogen-bond acceptors (Lipinski definition) is 4. The second-order valence-corrected chi connectivity index (χ2v) is 14.8. The summed E-state index contributed by atoms with van der Waals surface area (Å²) in [6.45, 7) is 9.04. The van der Waals surface area contributed by atoms with Gasteiger partial charge < -0.3 is 19.2 Å². The van der Waals surface area contributed by atoms with E-state index in [0.29, 0.717) is 5.46 Å². The van der Waals surface area contributed by atoms with Gasteiger partial charge in [0.05, 0.1) is 33.4 Å². The number of hydrogen-bond donors (Lipinski definition) is 2. The Morgan fingerprint density at radius 2 is 1.08 bits per heavy atom. The van der Waals surface area contributed by atoms with Crippen LogP contribution >= 0.6 is 15.9 Å². The molecule has 0 spiro atoms. The molecular formula is C40H32BBrN4O2. The maximum Gasteiger partial charge on any atom is 0.488 e. The molecule has 8 heteroatoms. The van der Waals surface area contributed by atoms with Crippen molar-refractivity contribution in [3.63, 3.8) is 0 Å². The molecule has 8 aromatic rings. The second-order valence-electron chi connectivity index (χ2n) is 13.9. The highest BCUT2D eigenvalue weighted by atomic mass is 79.9.